The van der Waals surface area contributed by atoms with E-state index in [4.69, 9.17) is 0 Å². The van der Waals surface area contributed by atoms with Gasteiger partial charge in [0.2, 0.25) is 5.91 Å². The Hall–Kier alpha value is -3.88. The first kappa shape index (κ1) is 21.0. The Labute approximate surface area is 191 Å². The highest BCUT2D eigenvalue weighted by atomic mass is 16.1. The van der Waals surface area contributed by atoms with Crippen LogP contribution >= 0.6 is 0 Å². The minimum absolute atomic E-state index is 0.108. The van der Waals surface area contributed by atoms with Crippen molar-refractivity contribution in [3.63, 3.8) is 0 Å². The molecule has 9 heteroatoms. The predicted octanol–water partition coefficient (Wildman–Crippen LogP) is 3.74. The first-order chi connectivity index (χ1) is 15.9. The summed E-state index contributed by atoms with van der Waals surface area (Å²) in [6, 6.07) is 9.49. The summed E-state index contributed by atoms with van der Waals surface area (Å²) in [6.07, 6.45) is 2.57. The summed E-state index contributed by atoms with van der Waals surface area (Å²) in [6.45, 7) is 7.69. The zero-order valence-electron chi connectivity index (χ0n) is 19.2. The smallest absolute Gasteiger partial charge is 0.251 e. The van der Waals surface area contributed by atoms with Gasteiger partial charge in [-0.1, -0.05) is 0 Å². The zero-order valence-corrected chi connectivity index (χ0v) is 19.2. The first-order valence-electron chi connectivity index (χ1n) is 11.1. The van der Waals surface area contributed by atoms with Crippen LogP contribution in [0.4, 0.5) is 5.69 Å². The van der Waals surface area contributed by atoms with Crippen molar-refractivity contribution >= 4 is 11.6 Å². The van der Waals surface area contributed by atoms with E-state index in [0.29, 0.717) is 17.7 Å². The summed E-state index contributed by atoms with van der Waals surface area (Å²) in [5, 5.41) is 14.9. The van der Waals surface area contributed by atoms with E-state index in [2.05, 4.69) is 35.6 Å². The maximum Gasteiger partial charge on any atom is 0.251 e. The molecule has 3 heterocycles. The van der Waals surface area contributed by atoms with Crippen molar-refractivity contribution < 1.29 is 4.79 Å². The molecule has 3 aromatic heterocycles. The van der Waals surface area contributed by atoms with Crippen molar-refractivity contribution in [1.29, 1.82) is 0 Å². The van der Waals surface area contributed by atoms with Crippen molar-refractivity contribution in [2.45, 2.75) is 52.9 Å². The molecule has 1 fully saturated rings. The van der Waals surface area contributed by atoms with Gasteiger partial charge < -0.3 is 5.32 Å². The SMILES string of the molecule is Cc1cc(C)nc(-n2nc(C)c(CC(=O)Nc3ccc(-c4n[nH]c(C5CC5)n4)cc3)c2C)n1. The lowest BCUT2D eigenvalue weighted by molar-refractivity contribution is -0.115. The lowest BCUT2D eigenvalue weighted by atomic mass is 10.1. The van der Waals surface area contributed by atoms with Gasteiger partial charge in [-0.15, -0.1) is 0 Å². The third-order valence-electron chi connectivity index (χ3n) is 5.83. The van der Waals surface area contributed by atoms with Crippen LogP contribution in [-0.2, 0) is 11.2 Å². The van der Waals surface area contributed by atoms with Crippen molar-refractivity contribution in [3.8, 4) is 17.3 Å². The third-order valence-corrected chi connectivity index (χ3v) is 5.83. The number of aryl methyl sites for hydroxylation is 3. The molecule has 5 rings (SSSR count). The molecule has 1 aromatic carbocycles. The van der Waals surface area contributed by atoms with Gasteiger partial charge in [-0.3, -0.25) is 9.89 Å². The Morgan fingerprint density at radius 1 is 1.06 bits per heavy atom. The van der Waals surface area contributed by atoms with Crippen molar-refractivity contribution in [1.82, 2.24) is 34.9 Å². The lowest BCUT2D eigenvalue weighted by Gasteiger charge is -2.07. The van der Waals surface area contributed by atoms with Gasteiger partial charge in [0.05, 0.1) is 12.1 Å². The lowest BCUT2D eigenvalue weighted by Crippen LogP contribution is -2.15. The molecule has 1 amide bonds. The number of H-pyrrole nitrogens is 1. The molecule has 2 N–H and O–H groups in total. The molecule has 0 aliphatic heterocycles. The van der Waals surface area contributed by atoms with Crippen LogP contribution in [0.3, 0.4) is 0 Å². The number of anilines is 1. The van der Waals surface area contributed by atoms with Gasteiger partial charge in [-0.25, -0.2) is 19.6 Å². The highest BCUT2D eigenvalue weighted by Gasteiger charge is 2.27. The summed E-state index contributed by atoms with van der Waals surface area (Å²) >= 11 is 0. The summed E-state index contributed by atoms with van der Waals surface area (Å²) in [4.78, 5) is 26.3. The summed E-state index contributed by atoms with van der Waals surface area (Å²) in [5.41, 5.74) is 5.92. The Balaban J connectivity index is 1.28. The van der Waals surface area contributed by atoms with Gasteiger partial charge in [0.15, 0.2) is 5.82 Å². The Bertz CT molecular complexity index is 1310. The summed E-state index contributed by atoms with van der Waals surface area (Å²) in [7, 11) is 0. The van der Waals surface area contributed by atoms with Gasteiger partial charge in [0.25, 0.3) is 5.95 Å². The topological polar surface area (TPSA) is 114 Å². The quantitative estimate of drug-likeness (QED) is 0.470. The average molecular weight is 443 g/mol. The van der Waals surface area contributed by atoms with Crippen LogP contribution in [0.1, 0.15) is 52.9 Å². The number of carbonyl (C=O) groups is 1. The van der Waals surface area contributed by atoms with Crippen LogP contribution in [0.15, 0.2) is 30.3 Å². The van der Waals surface area contributed by atoms with E-state index in [9.17, 15) is 4.79 Å². The molecule has 1 aliphatic carbocycles. The number of amides is 1. The molecular formula is C24H26N8O. The summed E-state index contributed by atoms with van der Waals surface area (Å²) < 4.78 is 1.71. The van der Waals surface area contributed by atoms with Gasteiger partial charge in [0.1, 0.15) is 5.82 Å². The maximum atomic E-state index is 12.8. The Morgan fingerprint density at radius 2 is 1.76 bits per heavy atom. The normalized spacial score (nSPS) is 13.3. The van der Waals surface area contributed by atoms with Gasteiger partial charge in [0, 0.05) is 39.8 Å². The van der Waals surface area contributed by atoms with E-state index in [1.807, 2.05) is 58.0 Å². The molecule has 0 spiro atoms. The number of carbonyl (C=O) groups excluding carboxylic acids is 1. The van der Waals surface area contributed by atoms with Crippen LogP contribution in [-0.4, -0.2) is 40.8 Å². The van der Waals surface area contributed by atoms with E-state index in [1.165, 1.54) is 12.8 Å². The van der Waals surface area contributed by atoms with Crippen LogP contribution in [0.5, 0.6) is 0 Å². The molecule has 9 nitrogen and oxygen atoms in total. The molecule has 0 unspecified atom stereocenters. The number of nitrogens with one attached hydrogen (secondary N) is 2. The highest BCUT2D eigenvalue weighted by molar-refractivity contribution is 5.92. The number of nitrogens with zero attached hydrogens (tertiary/aromatic N) is 6. The van der Waals surface area contributed by atoms with Crippen LogP contribution in [0.25, 0.3) is 17.3 Å². The molecule has 4 aromatic rings. The van der Waals surface area contributed by atoms with E-state index in [0.717, 1.165) is 45.4 Å². The molecule has 1 saturated carbocycles. The van der Waals surface area contributed by atoms with Gasteiger partial charge >= 0.3 is 0 Å². The largest absolute Gasteiger partial charge is 0.326 e. The van der Waals surface area contributed by atoms with Crippen molar-refractivity contribution in [2.24, 2.45) is 0 Å². The van der Waals surface area contributed by atoms with Gasteiger partial charge in [-0.05, 0) is 70.9 Å². The van der Waals surface area contributed by atoms with E-state index in [1.54, 1.807) is 4.68 Å². The first-order valence-corrected chi connectivity index (χ1v) is 11.1. The second-order valence-electron chi connectivity index (χ2n) is 8.63. The monoisotopic (exact) mass is 442 g/mol. The molecule has 0 bridgehead atoms. The van der Waals surface area contributed by atoms with E-state index in [-0.39, 0.29) is 12.3 Å². The van der Waals surface area contributed by atoms with Crippen molar-refractivity contribution in [2.75, 3.05) is 5.32 Å². The minimum Gasteiger partial charge on any atom is -0.326 e. The third kappa shape index (κ3) is 4.39. The number of aromatic amines is 1. The fourth-order valence-corrected chi connectivity index (χ4v) is 3.94. The minimum atomic E-state index is -0.108. The van der Waals surface area contributed by atoms with E-state index >= 15 is 0 Å². The fraction of sp³-hybridized carbons (Fsp3) is 0.333. The highest BCUT2D eigenvalue weighted by Crippen LogP contribution is 2.38. The van der Waals surface area contributed by atoms with Crippen molar-refractivity contribution in [3.05, 3.63) is 64.5 Å². The number of hydrogen-bond acceptors (Lipinski definition) is 6. The molecular weight excluding hydrogens is 416 g/mol. The average Bonchev–Trinajstić information content (AvgIpc) is 3.44. The number of aromatic nitrogens is 7. The number of hydrogen-bond donors (Lipinski definition) is 2. The Morgan fingerprint density at radius 3 is 2.42 bits per heavy atom. The molecule has 0 saturated heterocycles. The maximum absolute atomic E-state index is 12.8. The molecule has 1 aliphatic rings. The molecule has 0 atom stereocenters. The molecule has 168 valence electrons. The second-order valence-corrected chi connectivity index (χ2v) is 8.63. The van der Waals surface area contributed by atoms with Crippen LogP contribution in [0, 0.1) is 27.7 Å². The molecule has 33 heavy (non-hydrogen) atoms. The zero-order chi connectivity index (χ0) is 23.1. The number of benzene rings is 1. The number of rotatable bonds is 6. The van der Waals surface area contributed by atoms with E-state index < -0.39 is 0 Å². The second kappa shape index (κ2) is 8.23. The predicted molar refractivity (Wildman–Crippen MR) is 124 cm³/mol. The standard InChI is InChI=1S/C24H26N8O/c1-13-11-14(2)26-24(25-13)32-16(4)20(15(3)31-32)12-21(33)27-19-9-7-18(8-10-19)23-28-22(29-30-23)17-5-6-17/h7-11,17H,5-6,12H2,1-4H3,(H,27,33)(H,28,29,30). The summed E-state index contributed by atoms with van der Waals surface area (Å²) in [5.74, 6) is 2.58. The fourth-order valence-electron chi connectivity index (χ4n) is 3.94. The molecule has 0 radical (unpaired) electrons. The van der Waals surface area contributed by atoms with Crippen LogP contribution < -0.4 is 5.32 Å². The van der Waals surface area contributed by atoms with Gasteiger partial charge in [-0.2, -0.15) is 10.2 Å². The Kier molecular flexibility index (Phi) is 5.24. The van der Waals surface area contributed by atoms with Crippen LogP contribution in [0.2, 0.25) is 0 Å².